The summed E-state index contributed by atoms with van der Waals surface area (Å²) in [6, 6.07) is 17.3. The molecular weight excluding hydrogens is 440 g/mol. The Balaban J connectivity index is 1.66. The molecule has 0 radical (unpaired) electrons. The van der Waals surface area contributed by atoms with E-state index in [1.165, 1.54) is 6.42 Å². The maximum absolute atomic E-state index is 13.3. The third-order valence-electron chi connectivity index (χ3n) is 5.93. The predicted octanol–water partition coefficient (Wildman–Crippen LogP) is 6.08. The summed E-state index contributed by atoms with van der Waals surface area (Å²) in [5, 5.41) is 3.93. The molecule has 0 heterocycles. The van der Waals surface area contributed by atoms with E-state index in [0.717, 1.165) is 36.1 Å². The molecule has 3 rings (SSSR count). The molecule has 1 aliphatic carbocycles. The first-order valence-corrected chi connectivity index (χ1v) is 12.9. The van der Waals surface area contributed by atoms with E-state index in [0.29, 0.717) is 30.2 Å². The van der Waals surface area contributed by atoms with Gasteiger partial charge in [-0.05, 0) is 49.1 Å². The van der Waals surface area contributed by atoms with Crippen molar-refractivity contribution in [1.29, 1.82) is 0 Å². The van der Waals surface area contributed by atoms with Crippen LogP contribution in [-0.4, -0.2) is 34.6 Å². The normalized spacial score (nSPS) is 15.2. The quantitative estimate of drug-likeness (QED) is 0.426. The van der Waals surface area contributed by atoms with Crippen LogP contribution in [0.15, 0.2) is 59.5 Å². The van der Waals surface area contributed by atoms with Gasteiger partial charge in [-0.2, -0.15) is 0 Å². The minimum absolute atomic E-state index is 0.0148. The van der Waals surface area contributed by atoms with Gasteiger partial charge < -0.3 is 10.2 Å². The van der Waals surface area contributed by atoms with Crippen molar-refractivity contribution in [2.45, 2.75) is 75.4 Å². The molecule has 0 aliphatic heterocycles. The standard InChI is InChI=1S/C26H33ClN2O2S/c1-2-24(26(31)28-22-11-7-4-8-12-22)29(19-20-9-5-3-6-10-20)25(30)17-18-32-23-15-13-21(27)14-16-23/h3,5-6,9-10,13-16,22,24H,2,4,7-8,11-12,17-19H2,1H3,(H,28,31)/t24-/m0/s1. The fraction of sp³-hybridized carbons (Fsp3) is 0.462. The lowest BCUT2D eigenvalue weighted by Crippen LogP contribution is -2.51. The summed E-state index contributed by atoms with van der Waals surface area (Å²) in [4.78, 5) is 29.3. The predicted molar refractivity (Wildman–Crippen MR) is 133 cm³/mol. The molecule has 0 aromatic heterocycles. The summed E-state index contributed by atoms with van der Waals surface area (Å²) >= 11 is 7.59. The third kappa shape index (κ3) is 7.56. The number of rotatable bonds is 10. The second-order valence-corrected chi connectivity index (χ2v) is 9.93. The molecule has 0 unspecified atom stereocenters. The average Bonchev–Trinajstić information content (AvgIpc) is 2.81. The monoisotopic (exact) mass is 472 g/mol. The van der Waals surface area contributed by atoms with E-state index in [1.54, 1.807) is 16.7 Å². The van der Waals surface area contributed by atoms with Gasteiger partial charge in [0.1, 0.15) is 6.04 Å². The highest BCUT2D eigenvalue weighted by Gasteiger charge is 2.30. The van der Waals surface area contributed by atoms with Crippen LogP contribution in [0.3, 0.4) is 0 Å². The smallest absolute Gasteiger partial charge is 0.243 e. The number of hydrogen-bond acceptors (Lipinski definition) is 3. The molecule has 1 fully saturated rings. The van der Waals surface area contributed by atoms with Gasteiger partial charge >= 0.3 is 0 Å². The number of halogens is 1. The van der Waals surface area contributed by atoms with Gasteiger partial charge in [0, 0.05) is 34.7 Å². The van der Waals surface area contributed by atoms with Crippen LogP contribution in [0.5, 0.6) is 0 Å². The number of carbonyl (C=O) groups excluding carboxylic acids is 2. The molecule has 1 N–H and O–H groups in total. The highest BCUT2D eigenvalue weighted by atomic mass is 35.5. The lowest BCUT2D eigenvalue weighted by molar-refractivity contribution is -0.141. The largest absolute Gasteiger partial charge is 0.352 e. The summed E-state index contributed by atoms with van der Waals surface area (Å²) in [5.74, 6) is 0.655. The molecule has 2 amide bonds. The minimum atomic E-state index is -0.454. The van der Waals surface area contributed by atoms with Gasteiger partial charge in [0.05, 0.1) is 0 Å². The highest BCUT2D eigenvalue weighted by Crippen LogP contribution is 2.23. The first kappa shape index (κ1) is 24.7. The van der Waals surface area contributed by atoms with Crippen LogP contribution in [0, 0.1) is 0 Å². The molecule has 1 saturated carbocycles. The van der Waals surface area contributed by atoms with Gasteiger partial charge in [0.15, 0.2) is 0 Å². The topological polar surface area (TPSA) is 49.4 Å². The molecule has 32 heavy (non-hydrogen) atoms. The summed E-state index contributed by atoms with van der Waals surface area (Å²) < 4.78 is 0. The molecule has 172 valence electrons. The van der Waals surface area contributed by atoms with Gasteiger partial charge in [-0.25, -0.2) is 0 Å². The number of nitrogens with zero attached hydrogens (tertiary/aromatic N) is 1. The lowest BCUT2D eigenvalue weighted by Gasteiger charge is -2.33. The van der Waals surface area contributed by atoms with Crippen LogP contribution in [0.4, 0.5) is 0 Å². The zero-order valence-electron chi connectivity index (χ0n) is 18.8. The van der Waals surface area contributed by atoms with E-state index >= 15 is 0 Å². The molecule has 1 aliphatic rings. The first-order valence-electron chi connectivity index (χ1n) is 11.6. The lowest BCUT2D eigenvalue weighted by atomic mass is 9.95. The van der Waals surface area contributed by atoms with Gasteiger partial charge in [-0.1, -0.05) is 68.1 Å². The molecule has 0 bridgehead atoms. The van der Waals surface area contributed by atoms with Gasteiger partial charge in [-0.15, -0.1) is 11.8 Å². The van der Waals surface area contributed by atoms with Crippen LogP contribution in [0.25, 0.3) is 0 Å². The summed E-state index contributed by atoms with van der Waals surface area (Å²) in [6.07, 6.45) is 6.62. The fourth-order valence-corrected chi connectivity index (χ4v) is 5.14. The number of hydrogen-bond donors (Lipinski definition) is 1. The number of thioether (sulfide) groups is 1. The second-order valence-electron chi connectivity index (χ2n) is 8.33. The van der Waals surface area contributed by atoms with E-state index in [4.69, 9.17) is 11.6 Å². The van der Waals surface area contributed by atoms with Crippen molar-refractivity contribution >= 4 is 35.2 Å². The van der Waals surface area contributed by atoms with Gasteiger partial charge in [0.2, 0.25) is 11.8 Å². The van der Waals surface area contributed by atoms with Crippen LogP contribution >= 0.6 is 23.4 Å². The molecule has 0 saturated heterocycles. The molecular formula is C26H33ClN2O2S. The Bertz CT molecular complexity index is 854. The minimum Gasteiger partial charge on any atom is -0.352 e. The number of nitrogens with one attached hydrogen (secondary N) is 1. The summed E-state index contributed by atoms with van der Waals surface area (Å²) in [5.41, 5.74) is 1.04. The second kappa shape index (κ2) is 12.9. The molecule has 6 heteroatoms. The molecule has 2 aromatic carbocycles. The zero-order valence-corrected chi connectivity index (χ0v) is 20.3. The Hall–Kier alpha value is -1.98. The Morgan fingerprint density at radius 1 is 1.06 bits per heavy atom. The van der Waals surface area contributed by atoms with Gasteiger partial charge in [-0.3, -0.25) is 9.59 Å². The number of amides is 2. The van der Waals surface area contributed by atoms with Crippen LogP contribution in [0.1, 0.15) is 57.4 Å². The SMILES string of the molecule is CC[C@@H](C(=O)NC1CCCCC1)N(Cc1ccccc1)C(=O)CCSc1ccc(Cl)cc1. The number of carbonyl (C=O) groups is 2. The van der Waals surface area contributed by atoms with Crippen LogP contribution < -0.4 is 5.32 Å². The maximum atomic E-state index is 13.3. The maximum Gasteiger partial charge on any atom is 0.243 e. The van der Waals surface area contributed by atoms with E-state index in [1.807, 2.05) is 61.5 Å². The van der Waals surface area contributed by atoms with E-state index in [-0.39, 0.29) is 17.9 Å². The third-order valence-corrected chi connectivity index (χ3v) is 7.20. The van der Waals surface area contributed by atoms with Crippen molar-refractivity contribution in [2.75, 3.05) is 5.75 Å². The Morgan fingerprint density at radius 3 is 2.41 bits per heavy atom. The summed E-state index contributed by atoms with van der Waals surface area (Å²) in [6.45, 7) is 2.43. The average molecular weight is 473 g/mol. The van der Waals surface area contributed by atoms with Crippen molar-refractivity contribution in [2.24, 2.45) is 0 Å². The molecule has 2 aromatic rings. The molecule has 4 nitrogen and oxygen atoms in total. The summed E-state index contributed by atoms with van der Waals surface area (Å²) in [7, 11) is 0. The Labute approximate surface area is 201 Å². The van der Waals surface area contributed by atoms with Gasteiger partial charge in [0.25, 0.3) is 0 Å². The Kier molecular flexibility index (Phi) is 9.94. The zero-order chi connectivity index (χ0) is 22.8. The van der Waals surface area contributed by atoms with E-state index in [2.05, 4.69) is 5.32 Å². The van der Waals surface area contributed by atoms with Crippen LogP contribution in [-0.2, 0) is 16.1 Å². The first-order chi connectivity index (χ1) is 15.6. The van der Waals surface area contributed by atoms with E-state index in [9.17, 15) is 9.59 Å². The molecule has 0 spiro atoms. The fourth-order valence-electron chi connectivity index (χ4n) is 4.17. The highest BCUT2D eigenvalue weighted by molar-refractivity contribution is 7.99. The van der Waals surface area contributed by atoms with Crippen LogP contribution in [0.2, 0.25) is 5.02 Å². The van der Waals surface area contributed by atoms with Crippen molar-refractivity contribution in [3.8, 4) is 0 Å². The van der Waals surface area contributed by atoms with E-state index < -0.39 is 6.04 Å². The van der Waals surface area contributed by atoms with Crippen molar-refractivity contribution in [1.82, 2.24) is 10.2 Å². The number of benzene rings is 2. The van der Waals surface area contributed by atoms with Crippen molar-refractivity contribution in [3.63, 3.8) is 0 Å². The van der Waals surface area contributed by atoms with Crippen molar-refractivity contribution < 1.29 is 9.59 Å². The molecule has 1 atom stereocenters. The Morgan fingerprint density at radius 2 is 1.75 bits per heavy atom. The van der Waals surface area contributed by atoms with Crippen molar-refractivity contribution in [3.05, 3.63) is 65.2 Å².